The maximum atomic E-state index is 12.8. The van der Waals surface area contributed by atoms with E-state index in [2.05, 4.69) is 44.1 Å². The van der Waals surface area contributed by atoms with Gasteiger partial charge in [0.25, 0.3) is 5.91 Å². The zero-order valence-electron chi connectivity index (χ0n) is 15.5. The van der Waals surface area contributed by atoms with Gasteiger partial charge in [-0.1, -0.05) is 30.3 Å². The molecular weight excluding hydrogens is 368 g/mol. The summed E-state index contributed by atoms with van der Waals surface area (Å²) in [6.07, 6.45) is 0. The molecule has 3 heterocycles. The second-order valence-corrected chi connectivity index (χ2v) is 7.72. The summed E-state index contributed by atoms with van der Waals surface area (Å²) in [6.45, 7) is 2.00. The standard InChI is InChI=1S/C22H18N4OS/c1-13-10-15-7-5-8-16(20(15)23-13)24-21(27)17-12-28-22(25-17)19-11-14-6-3-4-9-18(14)26(19)2/h3-12,23H,1-2H3,(H,24,27). The van der Waals surface area contributed by atoms with E-state index in [1.807, 2.05) is 49.7 Å². The van der Waals surface area contributed by atoms with Crippen molar-refractivity contribution in [2.75, 3.05) is 5.32 Å². The zero-order chi connectivity index (χ0) is 19.3. The monoisotopic (exact) mass is 386 g/mol. The van der Waals surface area contributed by atoms with E-state index < -0.39 is 0 Å². The molecule has 138 valence electrons. The molecule has 0 saturated carbocycles. The number of nitrogens with one attached hydrogen (secondary N) is 2. The molecule has 0 aliphatic rings. The number of aromatic nitrogens is 3. The first-order valence-electron chi connectivity index (χ1n) is 9.00. The quantitative estimate of drug-likeness (QED) is 0.439. The Morgan fingerprint density at radius 2 is 1.93 bits per heavy atom. The van der Waals surface area contributed by atoms with Crippen LogP contribution in [-0.4, -0.2) is 20.4 Å². The number of aromatic amines is 1. The molecule has 2 aromatic carbocycles. The first kappa shape index (κ1) is 16.8. The Kier molecular flexibility index (Phi) is 3.80. The van der Waals surface area contributed by atoms with Crippen molar-refractivity contribution in [3.63, 3.8) is 0 Å². The molecule has 0 aliphatic carbocycles. The highest BCUT2D eigenvalue weighted by molar-refractivity contribution is 7.13. The van der Waals surface area contributed by atoms with E-state index in [1.54, 1.807) is 0 Å². The number of carbonyl (C=O) groups is 1. The lowest BCUT2D eigenvalue weighted by atomic mass is 10.2. The maximum absolute atomic E-state index is 12.8. The van der Waals surface area contributed by atoms with Gasteiger partial charge in [0.15, 0.2) is 0 Å². The predicted octanol–water partition coefficient (Wildman–Crippen LogP) is 5.34. The average Bonchev–Trinajstić information content (AvgIpc) is 3.39. The van der Waals surface area contributed by atoms with Gasteiger partial charge >= 0.3 is 0 Å². The van der Waals surface area contributed by atoms with Crippen LogP contribution in [-0.2, 0) is 7.05 Å². The van der Waals surface area contributed by atoms with Crippen molar-refractivity contribution in [3.8, 4) is 10.7 Å². The fraction of sp³-hybridized carbons (Fsp3) is 0.0909. The predicted molar refractivity (Wildman–Crippen MR) is 115 cm³/mol. The number of rotatable bonds is 3. The highest BCUT2D eigenvalue weighted by Crippen LogP contribution is 2.30. The number of anilines is 1. The number of para-hydroxylation sites is 2. The fourth-order valence-corrected chi connectivity index (χ4v) is 4.43. The number of H-pyrrole nitrogens is 1. The third kappa shape index (κ3) is 2.70. The van der Waals surface area contributed by atoms with Crippen molar-refractivity contribution in [1.82, 2.24) is 14.5 Å². The van der Waals surface area contributed by atoms with E-state index >= 15 is 0 Å². The molecule has 0 atom stereocenters. The fourth-order valence-electron chi connectivity index (χ4n) is 3.58. The van der Waals surface area contributed by atoms with Crippen molar-refractivity contribution in [2.24, 2.45) is 7.05 Å². The number of benzene rings is 2. The summed E-state index contributed by atoms with van der Waals surface area (Å²) in [6, 6.07) is 18.2. The van der Waals surface area contributed by atoms with Crippen LogP contribution in [0.4, 0.5) is 5.69 Å². The topological polar surface area (TPSA) is 62.7 Å². The van der Waals surface area contributed by atoms with Crippen molar-refractivity contribution >= 4 is 44.7 Å². The number of aryl methyl sites for hydroxylation is 2. The van der Waals surface area contributed by atoms with Crippen LogP contribution in [0.5, 0.6) is 0 Å². The molecule has 0 unspecified atom stereocenters. The molecular formula is C22H18N4OS. The summed E-state index contributed by atoms with van der Waals surface area (Å²) in [5, 5.41) is 7.86. The van der Waals surface area contributed by atoms with E-state index in [0.29, 0.717) is 5.69 Å². The van der Waals surface area contributed by atoms with Crippen LogP contribution in [0.25, 0.3) is 32.5 Å². The van der Waals surface area contributed by atoms with Crippen LogP contribution in [0.2, 0.25) is 0 Å². The van der Waals surface area contributed by atoms with Gasteiger partial charge in [0.05, 0.1) is 16.9 Å². The summed E-state index contributed by atoms with van der Waals surface area (Å²) in [7, 11) is 2.02. The van der Waals surface area contributed by atoms with Crippen LogP contribution >= 0.6 is 11.3 Å². The van der Waals surface area contributed by atoms with Gasteiger partial charge in [-0.15, -0.1) is 11.3 Å². The second kappa shape index (κ2) is 6.35. The molecule has 0 spiro atoms. The lowest BCUT2D eigenvalue weighted by molar-refractivity contribution is 0.102. The van der Waals surface area contributed by atoms with Gasteiger partial charge in [-0.3, -0.25) is 4.79 Å². The van der Waals surface area contributed by atoms with Crippen molar-refractivity contribution < 1.29 is 4.79 Å². The first-order valence-corrected chi connectivity index (χ1v) is 9.88. The van der Waals surface area contributed by atoms with Gasteiger partial charge in [0.2, 0.25) is 0 Å². The lowest BCUT2D eigenvalue weighted by Crippen LogP contribution is -2.12. The molecule has 0 fully saturated rings. The van der Waals surface area contributed by atoms with E-state index in [1.165, 1.54) is 11.3 Å². The second-order valence-electron chi connectivity index (χ2n) is 6.86. The minimum absolute atomic E-state index is 0.207. The number of hydrogen-bond acceptors (Lipinski definition) is 3. The first-order chi connectivity index (χ1) is 13.6. The SMILES string of the molecule is Cc1cc2cccc(NC(=O)c3csc(-c4cc5ccccc5n4C)n3)c2[nH]1. The van der Waals surface area contributed by atoms with Crippen LogP contribution in [0.15, 0.2) is 60.0 Å². The number of carbonyl (C=O) groups excluding carboxylic acids is 1. The van der Waals surface area contributed by atoms with Crippen molar-refractivity contribution in [2.45, 2.75) is 6.92 Å². The minimum Gasteiger partial charge on any atom is -0.357 e. The Morgan fingerprint density at radius 3 is 2.79 bits per heavy atom. The van der Waals surface area contributed by atoms with Gasteiger partial charge in [0, 0.05) is 34.4 Å². The van der Waals surface area contributed by atoms with E-state index in [-0.39, 0.29) is 5.91 Å². The Balaban J connectivity index is 1.46. The Morgan fingerprint density at radius 1 is 1.11 bits per heavy atom. The number of fused-ring (bicyclic) bond motifs is 2. The highest BCUT2D eigenvalue weighted by atomic mass is 32.1. The maximum Gasteiger partial charge on any atom is 0.275 e. The largest absolute Gasteiger partial charge is 0.357 e. The van der Waals surface area contributed by atoms with Gasteiger partial charge in [-0.05, 0) is 31.2 Å². The van der Waals surface area contributed by atoms with Gasteiger partial charge in [-0.25, -0.2) is 4.98 Å². The lowest BCUT2D eigenvalue weighted by Gasteiger charge is -2.05. The highest BCUT2D eigenvalue weighted by Gasteiger charge is 2.16. The molecule has 28 heavy (non-hydrogen) atoms. The summed E-state index contributed by atoms with van der Waals surface area (Å²) < 4.78 is 2.11. The number of amides is 1. The molecule has 0 saturated heterocycles. The normalized spacial score (nSPS) is 11.4. The van der Waals surface area contributed by atoms with Gasteiger partial charge in [-0.2, -0.15) is 0 Å². The molecule has 5 nitrogen and oxygen atoms in total. The van der Waals surface area contributed by atoms with Crippen molar-refractivity contribution in [3.05, 3.63) is 71.4 Å². The number of thiazole rings is 1. The van der Waals surface area contributed by atoms with Gasteiger partial charge in [0.1, 0.15) is 10.7 Å². The third-order valence-electron chi connectivity index (χ3n) is 4.95. The summed E-state index contributed by atoms with van der Waals surface area (Å²) in [5.74, 6) is -0.207. The van der Waals surface area contributed by atoms with Crippen molar-refractivity contribution in [1.29, 1.82) is 0 Å². The summed E-state index contributed by atoms with van der Waals surface area (Å²) in [5.41, 5.74) is 5.32. The smallest absolute Gasteiger partial charge is 0.275 e. The number of nitrogens with zero attached hydrogens (tertiary/aromatic N) is 2. The Labute approximate surface area is 165 Å². The minimum atomic E-state index is -0.207. The number of hydrogen-bond donors (Lipinski definition) is 2. The molecule has 0 radical (unpaired) electrons. The van der Waals surface area contributed by atoms with Crippen LogP contribution in [0.3, 0.4) is 0 Å². The average molecular weight is 386 g/mol. The molecule has 5 rings (SSSR count). The van der Waals surface area contributed by atoms with Gasteiger partial charge < -0.3 is 14.9 Å². The molecule has 1 amide bonds. The molecule has 0 bridgehead atoms. The molecule has 0 aliphatic heterocycles. The van der Waals surface area contributed by atoms with E-state index in [0.717, 1.165) is 43.9 Å². The van der Waals surface area contributed by atoms with E-state index in [9.17, 15) is 4.79 Å². The Bertz CT molecular complexity index is 1340. The summed E-state index contributed by atoms with van der Waals surface area (Å²) >= 11 is 1.48. The molecule has 5 aromatic rings. The zero-order valence-corrected chi connectivity index (χ0v) is 16.3. The molecule has 3 aromatic heterocycles. The third-order valence-corrected chi connectivity index (χ3v) is 5.81. The van der Waals surface area contributed by atoms with Crippen LogP contribution < -0.4 is 5.32 Å². The summed E-state index contributed by atoms with van der Waals surface area (Å²) in [4.78, 5) is 20.7. The van der Waals surface area contributed by atoms with Crippen LogP contribution in [0, 0.1) is 6.92 Å². The van der Waals surface area contributed by atoms with E-state index in [4.69, 9.17) is 0 Å². The molecule has 2 N–H and O–H groups in total. The van der Waals surface area contributed by atoms with Crippen LogP contribution in [0.1, 0.15) is 16.2 Å². The molecule has 6 heteroatoms. The Hall–Kier alpha value is -3.38.